The number of esters is 1. The minimum Gasteiger partial charge on any atom is -0.461 e. The standard InChI is InChI=1S/C40H57N3O5S/c1-26-16-18-40-19-17-33(45)36(40)39(26,4)34(48-35(46)24-49-31-14-10-28(22-42)11-15-31)21-38(3,37(47)27(40)2)25-43-23-29-8-12-30(13-9-29)32(44)7-5-6-20-41/h8-15,26-27,34,36-37,43,47H,5-7,16-25,41-42H2,1-4H3/t26-,27+,34-,36+,37+,38-,39+,40+/m1/s1. The van der Waals surface area contributed by atoms with Crippen molar-refractivity contribution in [1.29, 1.82) is 0 Å². The largest absolute Gasteiger partial charge is 0.461 e. The second-order valence-electron chi connectivity index (χ2n) is 15.6. The van der Waals surface area contributed by atoms with Gasteiger partial charge in [0.05, 0.1) is 11.9 Å². The summed E-state index contributed by atoms with van der Waals surface area (Å²) < 4.78 is 6.51. The number of ether oxygens (including phenoxy) is 1. The van der Waals surface area contributed by atoms with Crippen LogP contribution in [0, 0.1) is 34.0 Å². The van der Waals surface area contributed by atoms with Crippen LogP contribution in [0.15, 0.2) is 53.4 Å². The van der Waals surface area contributed by atoms with Gasteiger partial charge in [0, 0.05) is 59.7 Å². The molecule has 9 heteroatoms. The summed E-state index contributed by atoms with van der Waals surface area (Å²) in [7, 11) is 0. The van der Waals surface area contributed by atoms with E-state index in [1.54, 1.807) is 0 Å². The van der Waals surface area contributed by atoms with Crippen molar-refractivity contribution in [2.45, 2.75) is 109 Å². The van der Waals surface area contributed by atoms with Gasteiger partial charge in [0.2, 0.25) is 0 Å². The number of hydrogen-bond donors (Lipinski definition) is 4. The van der Waals surface area contributed by atoms with Gasteiger partial charge in [-0.2, -0.15) is 0 Å². The van der Waals surface area contributed by atoms with Gasteiger partial charge in [0.15, 0.2) is 5.78 Å². The molecule has 0 unspecified atom stereocenters. The highest BCUT2D eigenvalue weighted by molar-refractivity contribution is 8.00. The molecule has 268 valence electrons. The van der Waals surface area contributed by atoms with Crippen LogP contribution in [0.3, 0.4) is 0 Å². The number of rotatable bonds is 14. The summed E-state index contributed by atoms with van der Waals surface area (Å²) in [5.41, 5.74) is 12.6. The Kier molecular flexibility index (Phi) is 12.1. The second-order valence-corrected chi connectivity index (χ2v) is 16.7. The molecule has 2 aromatic rings. The summed E-state index contributed by atoms with van der Waals surface area (Å²) in [6.45, 7) is 10.8. The molecule has 0 amide bonds. The summed E-state index contributed by atoms with van der Waals surface area (Å²) in [4.78, 5) is 41.0. The summed E-state index contributed by atoms with van der Waals surface area (Å²) in [6.07, 6.45) is 4.48. The van der Waals surface area contributed by atoms with E-state index in [1.165, 1.54) is 11.8 Å². The van der Waals surface area contributed by atoms with Crippen LogP contribution in [-0.2, 0) is 27.4 Å². The highest BCUT2D eigenvalue weighted by Crippen LogP contribution is 2.67. The summed E-state index contributed by atoms with van der Waals surface area (Å²) in [5.74, 6) is 0.0831. The number of nitrogens with one attached hydrogen (secondary N) is 1. The lowest BCUT2D eigenvalue weighted by molar-refractivity contribution is -0.210. The first-order valence-electron chi connectivity index (χ1n) is 18.2. The Hall–Kier alpha value is -2.56. The average Bonchev–Trinajstić information content (AvgIpc) is 3.46. The Morgan fingerprint density at radius 1 is 1.00 bits per heavy atom. The Morgan fingerprint density at radius 2 is 1.69 bits per heavy atom. The summed E-state index contributed by atoms with van der Waals surface area (Å²) in [5, 5.41) is 15.9. The Morgan fingerprint density at radius 3 is 2.37 bits per heavy atom. The number of Topliss-reactive ketones (excluding diaryl/α,β-unsaturated/α-hetero) is 2. The van der Waals surface area contributed by atoms with Gasteiger partial charge >= 0.3 is 5.97 Å². The Labute approximate surface area is 296 Å². The number of unbranched alkanes of at least 4 members (excludes halogenated alkanes) is 1. The first-order chi connectivity index (χ1) is 23.4. The molecule has 3 fully saturated rings. The van der Waals surface area contributed by atoms with Gasteiger partial charge in [0.25, 0.3) is 0 Å². The molecular weight excluding hydrogens is 635 g/mol. The van der Waals surface area contributed by atoms with Gasteiger partial charge < -0.3 is 26.6 Å². The normalized spacial score (nSPS) is 32.6. The molecule has 0 heterocycles. The third-order valence-electron chi connectivity index (χ3n) is 12.7. The van der Waals surface area contributed by atoms with E-state index in [0.717, 1.165) is 48.1 Å². The fraction of sp³-hybridized carbons (Fsp3) is 0.625. The van der Waals surface area contributed by atoms with Crippen molar-refractivity contribution in [3.8, 4) is 0 Å². The molecule has 8 atom stereocenters. The molecule has 3 aliphatic rings. The van der Waals surface area contributed by atoms with Gasteiger partial charge in [-0.1, -0.05) is 64.1 Å². The summed E-state index contributed by atoms with van der Waals surface area (Å²) in [6, 6.07) is 15.6. The zero-order valence-electron chi connectivity index (χ0n) is 29.8. The highest BCUT2D eigenvalue weighted by Gasteiger charge is 2.68. The van der Waals surface area contributed by atoms with E-state index in [9.17, 15) is 19.5 Å². The molecule has 0 radical (unpaired) electrons. The maximum absolute atomic E-state index is 13.8. The molecule has 6 N–H and O–H groups in total. The average molecular weight is 692 g/mol. The fourth-order valence-corrected chi connectivity index (χ4v) is 10.1. The number of aliphatic hydroxyl groups excluding tert-OH is 1. The van der Waals surface area contributed by atoms with E-state index in [-0.39, 0.29) is 46.5 Å². The molecule has 3 saturated carbocycles. The molecule has 0 aliphatic heterocycles. The lowest BCUT2D eigenvalue weighted by atomic mass is 9.44. The first-order valence-corrected chi connectivity index (χ1v) is 19.2. The Balaban J connectivity index is 1.36. The van der Waals surface area contributed by atoms with Gasteiger partial charge in [-0.05, 0) is 85.6 Å². The molecule has 0 spiro atoms. The number of carbonyl (C=O) groups is 3. The first kappa shape index (κ1) is 37.7. The van der Waals surface area contributed by atoms with E-state index in [4.69, 9.17) is 16.2 Å². The lowest BCUT2D eigenvalue weighted by Gasteiger charge is -2.62. The number of nitrogens with two attached hydrogens (primary N) is 2. The van der Waals surface area contributed by atoms with E-state index in [1.807, 2.05) is 48.5 Å². The SMILES string of the molecule is C[C@@H]1CC[C@@]23CCC(=O)[C@H]2[C@]1(C)[C@H](OC(=O)CSc1ccc(CN)cc1)C[C@](C)(CNCc1ccc(C(=O)CCCCN)cc1)[C@@H](O)[C@@H]3C. The van der Waals surface area contributed by atoms with Crippen molar-refractivity contribution in [3.05, 3.63) is 65.2 Å². The lowest BCUT2D eigenvalue weighted by Crippen LogP contribution is -2.64. The van der Waals surface area contributed by atoms with Crippen LogP contribution in [0.2, 0.25) is 0 Å². The molecule has 49 heavy (non-hydrogen) atoms. The van der Waals surface area contributed by atoms with Crippen molar-refractivity contribution in [1.82, 2.24) is 5.32 Å². The minimum absolute atomic E-state index is 0.0872. The zero-order valence-corrected chi connectivity index (χ0v) is 30.7. The number of benzene rings is 2. The van der Waals surface area contributed by atoms with Crippen LogP contribution in [0.1, 0.15) is 101 Å². The zero-order chi connectivity index (χ0) is 35.4. The maximum atomic E-state index is 13.8. The molecule has 0 aromatic heterocycles. The van der Waals surface area contributed by atoms with Crippen LogP contribution >= 0.6 is 11.8 Å². The molecule has 3 aliphatic carbocycles. The van der Waals surface area contributed by atoms with Crippen LogP contribution in [0.4, 0.5) is 0 Å². The second kappa shape index (κ2) is 15.8. The van der Waals surface area contributed by atoms with Gasteiger partial charge in [-0.15, -0.1) is 11.8 Å². The molecule has 2 aromatic carbocycles. The predicted molar refractivity (Wildman–Crippen MR) is 195 cm³/mol. The van der Waals surface area contributed by atoms with Crippen molar-refractivity contribution < 1.29 is 24.2 Å². The molecular formula is C40H57N3O5S. The summed E-state index contributed by atoms with van der Waals surface area (Å²) >= 11 is 1.44. The molecule has 5 rings (SSSR count). The van der Waals surface area contributed by atoms with Gasteiger partial charge in [-0.3, -0.25) is 14.4 Å². The Bertz CT molecular complexity index is 1470. The number of hydrogen-bond acceptors (Lipinski definition) is 9. The number of aliphatic hydroxyl groups is 1. The predicted octanol–water partition coefficient (Wildman–Crippen LogP) is 6.06. The van der Waals surface area contributed by atoms with Crippen molar-refractivity contribution in [2.24, 2.45) is 45.5 Å². The third kappa shape index (κ3) is 7.71. The van der Waals surface area contributed by atoms with E-state index < -0.39 is 23.0 Å². The van der Waals surface area contributed by atoms with Gasteiger partial charge in [-0.25, -0.2) is 0 Å². The van der Waals surface area contributed by atoms with Crippen molar-refractivity contribution in [2.75, 3.05) is 18.8 Å². The fourth-order valence-electron chi connectivity index (χ4n) is 9.46. The number of ketones is 2. The number of carbonyl (C=O) groups excluding carboxylic acids is 3. The van der Waals surface area contributed by atoms with Crippen LogP contribution in [-0.4, -0.2) is 53.7 Å². The number of thioether (sulfide) groups is 1. The molecule has 8 nitrogen and oxygen atoms in total. The van der Waals surface area contributed by atoms with E-state index in [0.29, 0.717) is 51.0 Å². The molecule has 2 bridgehead atoms. The van der Waals surface area contributed by atoms with E-state index >= 15 is 0 Å². The maximum Gasteiger partial charge on any atom is 0.316 e. The minimum atomic E-state index is -0.698. The highest BCUT2D eigenvalue weighted by atomic mass is 32.2. The van der Waals surface area contributed by atoms with Crippen molar-refractivity contribution >= 4 is 29.3 Å². The van der Waals surface area contributed by atoms with E-state index in [2.05, 4.69) is 33.0 Å². The van der Waals surface area contributed by atoms with Crippen LogP contribution in [0.25, 0.3) is 0 Å². The smallest absolute Gasteiger partial charge is 0.316 e. The monoisotopic (exact) mass is 691 g/mol. The van der Waals surface area contributed by atoms with Gasteiger partial charge in [0.1, 0.15) is 11.9 Å². The van der Waals surface area contributed by atoms with Crippen molar-refractivity contribution in [3.63, 3.8) is 0 Å². The van der Waals surface area contributed by atoms with Crippen LogP contribution in [0.5, 0.6) is 0 Å². The third-order valence-corrected chi connectivity index (χ3v) is 13.7. The quantitative estimate of drug-likeness (QED) is 0.0804. The topological polar surface area (TPSA) is 145 Å². The molecule has 0 saturated heterocycles. The van der Waals surface area contributed by atoms with Crippen LogP contribution < -0.4 is 16.8 Å².